The highest BCUT2D eigenvalue weighted by atomic mass is 16.5. The molecule has 3 aliphatic heterocycles. The first-order valence-corrected chi connectivity index (χ1v) is 22.1. The smallest absolute Gasteiger partial charge is 0.256 e. The van der Waals surface area contributed by atoms with E-state index in [-0.39, 0.29) is 12.1 Å². The van der Waals surface area contributed by atoms with Crippen LogP contribution in [0.25, 0.3) is 27.5 Å². The van der Waals surface area contributed by atoms with E-state index in [1.54, 1.807) is 0 Å². The Balaban J connectivity index is 1.02. The van der Waals surface area contributed by atoms with Crippen LogP contribution in [0.2, 0.25) is 0 Å². The molecule has 4 heterocycles. The van der Waals surface area contributed by atoms with Crippen molar-refractivity contribution in [3.05, 3.63) is 217 Å². The molecule has 0 fully saturated rings. The van der Waals surface area contributed by atoms with E-state index >= 15 is 0 Å². The van der Waals surface area contributed by atoms with Gasteiger partial charge in [0.15, 0.2) is 0 Å². The predicted molar refractivity (Wildman–Crippen MR) is 265 cm³/mol. The van der Waals surface area contributed by atoms with Gasteiger partial charge in [0.2, 0.25) is 0 Å². The molecule has 0 atom stereocenters. The minimum atomic E-state index is -0.264. The number of hydrogen-bond acceptors (Lipinski definition) is 4. The number of hydrogen-bond donors (Lipinski definition) is 0. The standard InChI is InChI=1S/C58H42BN3O2/c1-37-25-27-40(28-26-37)60(41-30-32-54-46(33-41)58(2,3)45-20-11-13-23-53(45)63-54)42-29-31-47-56(34-42)64-55-24-14-22-50-57(55)59(47)48-35-44-43-19-10-12-21-49(43)61(38-15-6-4-7-16-38)51(44)36-52(48)62(50)39-17-8-5-9-18-39/h4-36H,1-3H3. The summed E-state index contributed by atoms with van der Waals surface area (Å²) in [6, 6.07) is 72.3. The molecule has 0 N–H and O–H groups in total. The zero-order valence-corrected chi connectivity index (χ0v) is 35.8. The van der Waals surface area contributed by atoms with Gasteiger partial charge in [0, 0.05) is 73.2 Å². The summed E-state index contributed by atoms with van der Waals surface area (Å²) < 4.78 is 16.0. The van der Waals surface area contributed by atoms with Crippen molar-refractivity contribution >= 4 is 79.0 Å². The van der Waals surface area contributed by atoms with Gasteiger partial charge in [-0.15, -0.1) is 0 Å². The van der Waals surface area contributed by atoms with Crippen LogP contribution in [0.1, 0.15) is 30.5 Å². The van der Waals surface area contributed by atoms with Crippen LogP contribution in [-0.4, -0.2) is 11.3 Å². The lowest BCUT2D eigenvalue weighted by Gasteiger charge is -2.40. The van der Waals surface area contributed by atoms with Gasteiger partial charge in [-0.1, -0.05) is 123 Å². The summed E-state index contributed by atoms with van der Waals surface area (Å²) in [5.74, 6) is 3.53. The molecule has 0 unspecified atom stereocenters. The third kappa shape index (κ3) is 5.39. The molecule has 1 aromatic heterocycles. The second-order valence-electron chi connectivity index (χ2n) is 17.8. The number of aryl methyl sites for hydroxylation is 1. The SMILES string of the molecule is Cc1ccc(N(c2ccc3c(c2)Oc2cccc4c2B3c2cc3c5ccccc5n(-c5ccccc5)c3cc2N4c2ccccc2)c2ccc3c(c2)C(C)(C)c2ccccc2O3)cc1. The fourth-order valence-corrected chi connectivity index (χ4v) is 10.7. The number of para-hydroxylation sites is 4. The third-order valence-electron chi connectivity index (χ3n) is 13.7. The van der Waals surface area contributed by atoms with Gasteiger partial charge in [-0.2, -0.15) is 0 Å². The largest absolute Gasteiger partial charge is 0.458 e. The van der Waals surface area contributed by atoms with E-state index in [1.807, 2.05) is 6.07 Å². The van der Waals surface area contributed by atoms with Crippen LogP contribution < -0.4 is 35.7 Å². The summed E-state index contributed by atoms with van der Waals surface area (Å²) in [4.78, 5) is 4.78. The molecule has 6 heteroatoms. The number of nitrogens with zero attached hydrogens (tertiary/aromatic N) is 3. The molecule has 0 saturated carbocycles. The van der Waals surface area contributed by atoms with E-state index in [4.69, 9.17) is 9.47 Å². The van der Waals surface area contributed by atoms with E-state index in [9.17, 15) is 0 Å². The quantitative estimate of drug-likeness (QED) is 0.162. The highest BCUT2D eigenvalue weighted by Gasteiger charge is 2.43. The average molecular weight is 824 g/mol. The monoisotopic (exact) mass is 823 g/mol. The van der Waals surface area contributed by atoms with Crippen molar-refractivity contribution in [1.82, 2.24) is 4.57 Å². The van der Waals surface area contributed by atoms with Gasteiger partial charge in [0.25, 0.3) is 6.71 Å². The molecule has 3 aliphatic rings. The number of rotatable bonds is 5. The van der Waals surface area contributed by atoms with Crippen LogP contribution in [0.4, 0.5) is 34.1 Å². The Morgan fingerprint density at radius 2 is 1.11 bits per heavy atom. The Morgan fingerprint density at radius 1 is 0.453 bits per heavy atom. The maximum Gasteiger partial charge on any atom is 0.256 e. The number of aromatic nitrogens is 1. The number of benzene rings is 9. The summed E-state index contributed by atoms with van der Waals surface area (Å²) in [6.07, 6.45) is 0. The number of anilines is 6. The molecule has 0 radical (unpaired) electrons. The van der Waals surface area contributed by atoms with Crippen molar-refractivity contribution in [1.29, 1.82) is 0 Å². The lowest BCUT2D eigenvalue weighted by Crippen LogP contribution is -2.59. The lowest BCUT2D eigenvalue weighted by atomic mass is 9.34. The molecule has 9 aromatic carbocycles. The zero-order valence-electron chi connectivity index (χ0n) is 35.8. The lowest BCUT2D eigenvalue weighted by molar-refractivity contribution is 0.418. The van der Waals surface area contributed by atoms with Gasteiger partial charge in [0.1, 0.15) is 23.0 Å². The molecular formula is C58H42BN3O2. The minimum Gasteiger partial charge on any atom is -0.458 e. The Bertz CT molecular complexity index is 3510. The molecular weight excluding hydrogens is 781 g/mol. The fourth-order valence-electron chi connectivity index (χ4n) is 10.7. The minimum absolute atomic E-state index is 0.0724. The van der Waals surface area contributed by atoms with Gasteiger partial charge in [-0.25, -0.2) is 0 Å². The van der Waals surface area contributed by atoms with Gasteiger partial charge >= 0.3 is 0 Å². The third-order valence-corrected chi connectivity index (χ3v) is 13.7. The topological polar surface area (TPSA) is 29.9 Å². The van der Waals surface area contributed by atoms with Crippen molar-refractivity contribution in [2.45, 2.75) is 26.2 Å². The van der Waals surface area contributed by atoms with E-state index in [2.05, 4.69) is 229 Å². The normalized spacial score (nSPS) is 13.9. The Labute approximate surface area is 373 Å². The molecule has 0 saturated heterocycles. The van der Waals surface area contributed by atoms with E-state index in [0.29, 0.717) is 0 Å². The van der Waals surface area contributed by atoms with Crippen molar-refractivity contribution in [3.8, 4) is 28.7 Å². The van der Waals surface area contributed by atoms with Crippen LogP contribution in [0.5, 0.6) is 23.0 Å². The number of ether oxygens (including phenoxy) is 2. The summed E-state index contributed by atoms with van der Waals surface area (Å²) in [5, 5.41) is 2.46. The van der Waals surface area contributed by atoms with Crippen LogP contribution in [-0.2, 0) is 5.41 Å². The maximum atomic E-state index is 7.11. The summed E-state index contributed by atoms with van der Waals surface area (Å²) in [6.45, 7) is 6.65. The Hall–Kier alpha value is -7.96. The highest BCUT2D eigenvalue weighted by Crippen LogP contribution is 2.50. The molecule has 13 rings (SSSR count). The van der Waals surface area contributed by atoms with Crippen molar-refractivity contribution in [2.24, 2.45) is 0 Å². The van der Waals surface area contributed by atoms with Crippen LogP contribution in [0.15, 0.2) is 200 Å². The Kier molecular flexibility index (Phi) is 7.89. The summed E-state index contributed by atoms with van der Waals surface area (Å²) in [5.41, 5.74) is 16.9. The molecule has 304 valence electrons. The molecule has 0 amide bonds. The summed E-state index contributed by atoms with van der Waals surface area (Å²) >= 11 is 0. The van der Waals surface area contributed by atoms with E-state index in [1.165, 1.54) is 43.9 Å². The van der Waals surface area contributed by atoms with E-state index in [0.717, 1.165) is 73.8 Å². The summed E-state index contributed by atoms with van der Waals surface area (Å²) in [7, 11) is 0. The van der Waals surface area contributed by atoms with Gasteiger partial charge in [0.05, 0.1) is 11.0 Å². The van der Waals surface area contributed by atoms with Crippen LogP contribution in [0.3, 0.4) is 0 Å². The Morgan fingerprint density at radius 3 is 1.94 bits per heavy atom. The number of fused-ring (bicyclic) bond motifs is 9. The highest BCUT2D eigenvalue weighted by molar-refractivity contribution is 6.99. The molecule has 10 aromatic rings. The average Bonchev–Trinajstić information content (AvgIpc) is 3.65. The first kappa shape index (κ1) is 36.7. The van der Waals surface area contributed by atoms with Crippen LogP contribution >= 0.6 is 0 Å². The van der Waals surface area contributed by atoms with Crippen molar-refractivity contribution < 1.29 is 9.47 Å². The maximum absolute atomic E-state index is 7.11. The first-order valence-electron chi connectivity index (χ1n) is 22.1. The molecule has 5 nitrogen and oxygen atoms in total. The second kappa shape index (κ2) is 13.8. The zero-order chi connectivity index (χ0) is 42.7. The van der Waals surface area contributed by atoms with Crippen LogP contribution in [0, 0.1) is 6.92 Å². The molecule has 0 bridgehead atoms. The van der Waals surface area contributed by atoms with Gasteiger partial charge < -0.3 is 23.8 Å². The molecule has 64 heavy (non-hydrogen) atoms. The molecule has 0 aliphatic carbocycles. The first-order chi connectivity index (χ1) is 31.4. The molecule has 0 spiro atoms. The van der Waals surface area contributed by atoms with Crippen molar-refractivity contribution in [3.63, 3.8) is 0 Å². The fraction of sp³-hybridized carbons (Fsp3) is 0.0690. The van der Waals surface area contributed by atoms with Crippen molar-refractivity contribution in [2.75, 3.05) is 9.80 Å². The van der Waals surface area contributed by atoms with E-state index < -0.39 is 0 Å². The second-order valence-corrected chi connectivity index (χ2v) is 17.8. The predicted octanol–water partition coefficient (Wildman–Crippen LogP) is 13.4. The van der Waals surface area contributed by atoms with Gasteiger partial charge in [-0.3, -0.25) is 0 Å². The van der Waals surface area contributed by atoms with Gasteiger partial charge in [-0.05, 0) is 114 Å².